The van der Waals surface area contributed by atoms with E-state index in [9.17, 15) is 9.59 Å². The number of likely N-dealkylation sites (N-methyl/N-ethyl adjacent to an activating group) is 1. The molecular weight excluding hydrogens is 394 g/mol. The molecule has 3 unspecified atom stereocenters. The Morgan fingerprint density at radius 3 is 2.79 bits per heavy atom. The summed E-state index contributed by atoms with van der Waals surface area (Å²) in [4.78, 5) is 28.0. The van der Waals surface area contributed by atoms with E-state index >= 15 is 0 Å². The number of nitrogens with one attached hydrogen (secondary N) is 1. The predicted octanol–water partition coefficient (Wildman–Crippen LogP) is 2.31. The maximum Gasteiger partial charge on any atom is 0.317 e. The first-order valence-electron chi connectivity index (χ1n) is 10.1. The van der Waals surface area contributed by atoms with Crippen molar-refractivity contribution in [3.63, 3.8) is 0 Å². The highest BCUT2D eigenvalue weighted by Crippen LogP contribution is 2.31. The van der Waals surface area contributed by atoms with Crippen molar-refractivity contribution in [2.75, 3.05) is 33.3 Å². The first kappa shape index (κ1) is 23.4. The second kappa shape index (κ2) is 10.8. The highest BCUT2D eigenvalue weighted by Gasteiger charge is 2.29. The van der Waals surface area contributed by atoms with Gasteiger partial charge in [-0.05, 0) is 45.8 Å². The lowest BCUT2D eigenvalue weighted by Gasteiger charge is -2.31. The molecule has 3 rings (SSSR count). The third kappa shape index (κ3) is 6.07. The van der Waals surface area contributed by atoms with Crippen LogP contribution in [0.3, 0.4) is 0 Å². The number of likely N-dealkylation sites (tertiary alicyclic amines) is 1. The molecule has 1 saturated heterocycles. The zero-order chi connectivity index (χ0) is 20.1. The molecule has 8 heteroatoms. The van der Waals surface area contributed by atoms with Gasteiger partial charge in [0.25, 0.3) is 0 Å². The fourth-order valence-corrected chi connectivity index (χ4v) is 4.22. The number of hydrogen-bond donors (Lipinski definition) is 2. The lowest BCUT2D eigenvalue weighted by Crippen LogP contribution is -2.47. The molecule has 0 aromatic heterocycles. The molecule has 0 radical (unpaired) electrons. The number of carbonyl (C=O) groups is 2. The number of carboxylic acid groups (broad SMARTS) is 1. The Labute approximate surface area is 178 Å². The molecule has 3 atom stereocenters. The minimum absolute atomic E-state index is 0. The standard InChI is InChI=1S/C21H31N3O4.ClH/c1-15(24-11-5-6-16(9-12-24)23(2)14-20(25)26)21(27)22-18-10-13-28-19-8-4-3-7-17(18)19;/h3-4,7-8,15-16,18H,5-6,9-14H2,1-2H3,(H,22,27)(H,25,26);1H. The lowest BCUT2D eigenvalue weighted by atomic mass is 10.00. The summed E-state index contributed by atoms with van der Waals surface area (Å²) in [5, 5.41) is 12.2. The van der Waals surface area contributed by atoms with Crippen LogP contribution in [0, 0.1) is 0 Å². The molecule has 162 valence electrons. The summed E-state index contributed by atoms with van der Waals surface area (Å²) < 4.78 is 5.68. The van der Waals surface area contributed by atoms with Crippen molar-refractivity contribution < 1.29 is 19.4 Å². The molecule has 1 amide bonds. The molecule has 2 aliphatic rings. The Kier molecular flexibility index (Phi) is 8.74. The van der Waals surface area contributed by atoms with Crippen LogP contribution in [-0.2, 0) is 9.59 Å². The van der Waals surface area contributed by atoms with Crippen LogP contribution in [-0.4, -0.2) is 72.2 Å². The maximum absolute atomic E-state index is 12.9. The number of rotatable bonds is 6. The maximum atomic E-state index is 12.9. The smallest absolute Gasteiger partial charge is 0.317 e. The van der Waals surface area contributed by atoms with Gasteiger partial charge in [-0.2, -0.15) is 0 Å². The van der Waals surface area contributed by atoms with Crippen LogP contribution in [0.5, 0.6) is 5.75 Å². The van der Waals surface area contributed by atoms with Crippen LogP contribution in [0.1, 0.15) is 44.2 Å². The van der Waals surface area contributed by atoms with Gasteiger partial charge >= 0.3 is 5.97 Å². The van der Waals surface area contributed by atoms with Gasteiger partial charge in [-0.25, -0.2) is 0 Å². The number of para-hydroxylation sites is 1. The molecule has 1 fully saturated rings. The van der Waals surface area contributed by atoms with E-state index < -0.39 is 5.97 Å². The molecule has 2 heterocycles. The molecule has 1 aromatic carbocycles. The van der Waals surface area contributed by atoms with Gasteiger partial charge in [0.15, 0.2) is 0 Å². The molecule has 0 bridgehead atoms. The molecule has 1 aromatic rings. The minimum Gasteiger partial charge on any atom is -0.493 e. The van der Waals surface area contributed by atoms with Crippen molar-refractivity contribution in [3.05, 3.63) is 29.8 Å². The predicted molar refractivity (Wildman–Crippen MR) is 114 cm³/mol. The van der Waals surface area contributed by atoms with Gasteiger partial charge in [0.2, 0.25) is 5.91 Å². The first-order chi connectivity index (χ1) is 13.5. The van der Waals surface area contributed by atoms with E-state index in [-0.39, 0.29) is 43.0 Å². The monoisotopic (exact) mass is 425 g/mol. The Hall–Kier alpha value is -1.83. The number of benzene rings is 1. The topological polar surface area (TPSA) is 82.1 Å². The van der Waals surface area contributed by atoms with Crippen molar-refractivity contribution in [2.24, 2.45) is 0 Å². The van der Waals surface area contributed by atoms with Gasteiger partial charge in [0.1, 0.15) is 5.75 Å². The molecule has 29 heavy (non-hydrogen) atoms. The van der Waals surface area contributed by atoms with Crippen molar-refractivity contribution >= 4 is 24.3 Å². The van der Waals surface area contributed by atoms with Crippen LogP contribution in [0.2, 0.25) is 0 Å². The Bertz CT molecular complexity index is 702. The van der Waals surface area contributed by atoms with E-state index in [1.54, 1.807) is 0 Å². The normalized spacial score (nSPS) is 23.1. The number of aliphatic carboxylic acids is 1. The number of fused-ring (bicyclic) bond motifs is 1. The minimum atomic E-state index is -0.798. The fourth-order valence-electron chi connectivity index (χ4n) is 4.22. The van der Waals surface area contributed by atoms with E-state index in [0.29, 0.717) is 6.61 Å². The van der Waals surface area contributed by atoms with Crippen LogP contribution in [0.4, 0.5) is 0 Å². The molecular formula is C21H32ClN3O4. The van der Waals surface area contributed by atoms with Crippen molar-refractivity contribution in [1.29, 1.82) is 0 Å². The summed E-state index contributed by atoms with van der Waals surface area (Å²) in [7, 11) is 1.87. The Morgan fingerprint density at radius 1 is 1.28 bits per heavy atom. The molecule has 2 N–H and O–H groups in total. The fraction of sp³-hybridized carbons (Fsp3) is 0.619. The number of carboxylic acids is 1. The molecule has 2 aliphatic heterocycles. The SMILES string of the molecule is CC(C(=O)NC1CCOc2ccccc21)N1CCCC(N(C)CC(=O)O)CC1.Cl. The summed E-state index contributed by atoms with van der Waals surface area (Å²) in [5.41, 5.74) is 1.04. The number of amides is 1. The second-order valence-corrected chi connectivity index (χ2v) is 7.84. The van der Waals surface area contributed by atoms with Crippen LogP contribution >= 0.6 is 12.4 Å². The largest absolute Gasteiger partial charge is 0.493 e. The Morgan fingerprint density at radius 2 is 2.03 bits per heavy atom. The number of hydrogen-bond acceptors (Lipinski definition) is 5. The van der Waals surface area contributed by atoms with Gasteiger partial charge < -0.3 is 15.2 Å². The van der Waals surface area contributed by atoms with Crippen LogP contribution < -0.4 is 10.1 Å². The number of nitrogens with zero attached hydrogens (tertiary/aromatic N) is 2. The van der Waals surface area contributed by atoms with E-state index in [1.165, 1.54) is 0 Å². The van der Waals surface area contributed by atoms with E-state index in [1.807, 2.05) is 43.1 Å². The van der Waals surface area contributed by atoms with Gasteiger partial charge in [-0.1, -0.05) is 18.2 Å². The van der Waals surface area contributed by atoms with Crippen molar-refractivity contribution in [2.45, 2.75) is 50.7 Å². The first-order valence-corrected chi connectivity index (χ1v) is 10.1. The molecule has 7 nitrogen and oxygen atoms in total. The average Bonchev–Trinajstić information content (AvgIpc) is 2.93. The van der Waals surface area contributed by atoms with Gasteiger partial charge in [0.05, 0.1) is 25.2 Å². The summed E-state index contributed by atoms with van der Waals surface area (Å²) >= 11 is 0. The van der Waals surface area contributed by atoms with Gasteiger partial charge in [0, 0.05) is 24.6 Å². The van der Waals surface area contributed by atoms with Crippen LogP contribution in [0.15, 0.2) is 24.3 Å². The number of halogens is 1. The summed E-state index contributed by atoms with van der Waals surface area (Å²) in [6.07, 6.45) is 3.58. The lowest BCUT2D eigenvalue weighted by molar-refractivity contribution is -0.138. The quantitative estimate of drug-likeness (QED) is 0.727. The molecule has 0 saturated carbocycles. The zero-order valence-electron chi connectivity index (χ0n) is 17.2. The molecule has 0 aliphatic carbocycles. The summed E-state index contributed by atoms with van der Waals surface area (Å²) in [6, 6.07) is 7.90. The Balaban J connectivity index is 0.00000300. The third-order valence-electron chi connectivity index (χ3n) is 5.94. The number of ether oxygens (including phenoxy) is 1. The van der Waals surface area contributed by atoms with E-state index in [4.69, 9.17) is 9.84 Å². The highest BCUT2D eigenvalue weighted by atomic mass is 35.5. The molecule has 0 spiro atoms. The van der Waals surface area contributed by atoms with E-state index in [0.717, 1.165) is 50.1 Å². The summed E-state index contributed by atoms with van der Waals surface area (Å²) in [6.45, 7) is 4.29. The zero-order valence-corrected chi connectivity index (χ0v) is 18.0. The van der Waals surface area contributed by atoms with Gasteiger partial charge in [-0.3, -0.25) is 19.4 Å². The van der Waals surface area contributed by atoms with Crippen molar-refractivity contribution in [3.8, 4) is 5.75 Å². The number of carbonyl (C=O) groups excluding carboxylic acids is 1. The second-order valence-electron chi connectivity index (χ2n) is 7.84. The highest BCUT2D eigenvalue weighted by molar-refractivity contribution is 5.85. The van der Waals surface area contributed by atoms with Crippen molar-refractivity contribution in [1.82, 2.24) is 15.1 Å². The third-order valence-corrected chi connectivity index (χ3v) is 5.94. The van der Waals surface area contributed by atoms with Crippen LogP contribution in [0.25, 0.3) is 0 Å². The summed E-state index contributed by atoms with van der Waals surface area (Å²) in [5.74, 6) is 0.0953. The van der Waals surface area contributed by atoms with Gasteiger partial charge in [-0.15, -0.1) is 12.4 Å². The van der Waals surface area contributed by atoms with E-state index in [2.05, 4.69) is 10.2 Å². The average molecular weight is 426 g/mol.